The lowest BCUT2D eigenvalue weighted by Crippen LogP contribution is -2.58. The second-order valence-corrected chi connectivity index (χ2v) is 4.58. The van der Waals surface area contributed by atoms with E-state index >= 15 is 0 Å². The number of hydrogen-bond acceptors (Lipinski definition) is 5. The van der Waals surface area contributed by atoms with Gasteiger partial charge in [0, 0.05) is 12.1 Å². The predicted molar refractivity (Wildman–Crippen MR) is 72.5 cm³/mol. The van der Waals surface area contributed by atoms with Crippen LogP contribution >= 0.6 is 0 Å². The van der Waals surface area contributed by atoms with Gasteiger partial charge in [0.25, 0.3) is 5.69 Å². The maximum Gasteiger partial charge on any atom is 0.335 e. The average molecular weight is 291 g/mol. The Balaban J connectivity index is 2.32. The van der Waals surface area contributed by atoms with Crippen LogP contribution in [0.3, 0.4) is 0 Å². The molecular weight excluding hydrogens is 278 g/mol. The number of imide groups is 2. The molecule has 1 atom stereocenters. The molecule has 0 spiro atoms. The Morgan fingerprint density at radius 1 is 1.24 bits per heavy atom. The molecule has 0 saturated carbocycles. The number of non-ortho nitro benzene ring substituents is 1. The van der Waals surface area contributed by atoms with Crippen LogP contribution in [0, 0.1) is 16.0 Å². The van der Waals surface area contributed by atoms with Gasteiger partial charge in [-0.1, -0.05) is 13.3 Å². The number of carbonyl (C=O) groups is 3. The summed E-state index contributed by atoms with van der Waals surface area (Å²) in [6.45, 7) is 1.83. The zero-order valence-electron chi connectivity index (χ0n) is 11.2. The van der Waals surface area contributed by atoms with Crippen LogP contribution in [0.2, 0.25) is 0 Å². The van der Waals surface area contributed by atoms with Crippen molar-refractivity contribution in [3.63, 3.8) is 0 Å². The molecule has 1 aromatic carbocycles. The number of nitrogens with zero attached hydrogens (tertiary/aromatic N) is 2. The van der Waals surface area contributed by atoms with Crippen LogP contribution < -0.4 is 10.2 Å². The van der Waals surface area contributed by atoms with E-state index in [2.05, 4.69) is 5.32 Å². The van der Waals surface area contributed by atoms with Gasteiger partial charge in [-0.05, 0) is 18.6 Å². The molecule has 1 N–H and O–H groups in total. The number of nitro benzene ring substituents is 1. The van der Waals surface area contributed by atoms with E-state index in [0.29, 0.717) is 12.8 Å². The van der Waals surface area contributed by atoms with Crippen molar-refractivity contribution in [3.8, 4) is 0 Å². The highest BCUT2D eigenvalue weighted by Crippen LogP contribution is 2.24. The standard InChI is InChI=1S/C13H13N3O5/c1-2-3-10-11(17)14-13(19)15(12(10)18)8-4-6-9(7-5-8)16(20)21/h4-7,10H,2-3H2,1H3,(H,14,17,19). The average Bonchev–Trinajstić information content (AvgIpc) is 2.44. The zero-order valence-corrected chi connectivity index (χ0v) is 11.2. The van der Waals surface area contributed by atoms with Gasteiger partial charge < -0.3 is 0 Å². The fourth-order valence-electron chi connectivity index (χ4n) is 2.13. The SMILES string of the molecule is CCCC1C(=O)NC(=O)N(c2ccc([N+](=O)[O-])cc2)C1=O. The molecule has 1 heterocycles. The number of benzene rings is 1. The number of nitro groups is 1. The number of amides is 4. The highest BCUT2D eigenvalue weighted by atomic mass is 16.6. The van der Waals surface area contributed by atoms with Gasteiger partial charge in [-0.15, -0.1) is 0 Å². The third kappa shape index (κ3) is 2.73. The fraction of sp³-hybridized carbons (Fsp3) is 0.308. The molecule has 1 aromatic rings. The minimum atomic E-state index is -0.914. The molecule has 8 heteroatoms. The quantitative estimate of drug-likeness (QED) is 0.514. The number of nitrogens with one attached hydrogen (secondary N) is 1. The van der Waals surface area contributed by atoms with Crippen LogP contribution in [0.15, 0.2) is 24.3 Å². The third-order valence-corrected chi connectivity index (χ3v) is 3.16. The van der Waals surface area contributed by atoms with Gasteiger partial charge in [0.15, 0.2) is 0 Å². The Labute approximate surface area is 119 Å². The van der Waals surface area contributed by atoms with Crippen molar-refractivity contribution in [3.05, 3.63) is 34.4 Å². The molecule has 110 valence electrons. The number of carbonyl (C=O) groups excluding carboxylic acids is 3. The molecule has 21 heavy (non-hydrogen) atoms. The molecule has 1 aliphatic rings. The Kier molecular flexibility index (Phi) is 3.97. The first-order valence-corrected chi connectivity index (χ1v) is 6.39. The Morgan fingerprint density at radius 2 is 1.86 bits per heavy atom. The first-order chi connectivity index (χ1) is 9.95. The summed E-state index contributed by atoms with van der Waals surface area (Å²) in [5.41, 5.74) is 0.0431. The van der Waals surface area contributed by atoms with Crippen LogP contribution in [0.5, 0.6) is 0 Å². The van der Waals surface area contributed by atoms with Crippen molar-refractivity contribution in [1.29, 1.82) is 0 Å². The Bertz CT molecular complexity index is 611. The number of anilines is 1. The lowest BCUT2D eigenvalue weighted by Gasteiger charge is -2.29. The van der Waals surface area contributed by atoms with Gasteiger partial charge in [-0.25, -0.2) is 9.69 Å². The molecule has 1 fully saturated rings. The molecule has 4 amide bonds. The summed E-state index contributed by atoms with van der Waals surface area (Å²) in [6, 6.07) is 4.15. The number of urea groups is 1. The number of rotatable bonds is 4. The summed E-state index contributed by atoms with van der Waals surface area (Å²) in [7, 11) is 0. The summed E-state index contributed by atoms with van der Waals surface area (Å²) in [5, 5.41) is 12.7. The topological polar surface area (TPSA) is 110 Å². The monoisotopic (exact) mass is 291 g/mol. The van der Waals surface area contributed by atoms with Gasteiger partial charge in [0.05, 0.1) is 10.6 Å². The highest BCUT2D eigenvalue weighted by molar-refractivity contribution is 6.27. The van der Waals surface area contributed by atoms with E-state index in [9.17, 15) is 24.5 Å². The van der Waals surface area contributed by atoms with Gasteiger partial charge in [0.1, 0.15) is 5.92 Å². The lowest BCUT2D eigenvalue weighted by atomic mass is 9.99. The van der Waals surface area contributed by atoms with Crippen LogP contribution in [0.1, 0.15) is 19.8 Å². The lowest BCUT2D eigenvalue weighted by molar-refractivity contribution is -0.384. The van der Waals surface area contributed by atoms with E-state index in [-0.39, 0.29) is 11.4 Å². The normalized spacial score (nSPS) is 18.6. The van der Waals surface area contributed by atoms with Crippen molar-refractivity contribution in [1.82, 2.24) is 5.32 Å². The largest absolute Gasteiger partial charge is 0.335 e. The van der Waals surface area contributed by atoms with Crippen molar-refractivity contribution < 1.29 is 19.3 Å². The Morgan fingerprint density at radius 3 is 2.38 bits per heavy atom. The number of hydrogen-bond donors (Lipinski definition) is 1. The van der Waals surface area contributed by atoms with Crippen molar-refractivity contribution in [2.75, 3.05) is 4.90 Å². The molecule has 1 saturated heterocycles. The van der Waals surface area contributed by atoms with Crippen LogP contribution in [-0.2, 0) is 9.59 Å². The molecule has 0 radical (unpaired) electrons. The number of barbiturate groups is 1. The second-order valence-electron chi connectivity index (χ2n) is 4.58. The first kappa shape index (κ1) is 14.6. The molecule has 0 aromatic heterocycles. The van der Waals surface area contributed by atoms with E-state index in [0.717, 1.165) is 4.90 Å². The summed E-state index contributed by atoms with van der Waals surface area (Å²) < 4.78 is 0. The molecule has 1 aliphatic heterocycles. The first-order valence-electron chi connectivity index (χ1n) is 6.39. The van der Waals surface area contributed by atoms with E-state index in [1.807, 2.05) is 6.92 Å². The van der Waals surface area contributed by atoms with Gasteiger partial charge in [0.2, 0.25) is 11.8 Å². The smallest absolute Gasteiger partial charge is 0.277 e. The Hall–Kier alpha value is -2.77. The van der Waals surface area contributed by atoms with Gasteiger partial charge in [-0.2, -0.15) is 0 Å². The van der Waals surface area contributed by atoms with E-state index in [4.69, 9.17) is 0 Å². The second kappa shape index (κ2) is 5.70. The highest BCUT2D eigenvalue weighted by Gasteiger charge is 2.40. The van der Waals surface area contributed by atoms with E-state index < -0.39 is 28.7 Å². The molecule has 1 unspecified atom stereocenters. The minimum Gasteiger partial charge on any atom is -0.277 e. The molecule has 0 aliphatic carbocycles. The van der Waals surface area contributed by atoms with Crippen LogP contribution in [-0.4, -0.2) is 22.8 Å². The summed E-state index contributed by atoms with van der Waals surface area (Å²) in [6.07, 6.45) is 0.952. The minimum absolute atomic E-state index is 0.148. The zero-order chi connectivity index (χ0) is 15.6. The molecular formula is C13H13N3O5. The van der Waals surface area contributed by atoms with E-state index in [1.54, 1.807) is 0 Å². The van der Waals surface area contributed by atoms with Crippen molar-refractivity contribution in [2.24, 2.45) is 5.92 Å². The van der Waals surface area contributed by atoms with Crippen LogP contribution in [0.25, 0.3) is 0 Å². The maximum absolute atomic E-state index is 12.3. The summed E-state index contributed by atoms with van der Waals surface area (Å²) in [4.78, 5) is 46.6. The maximum atomic E-state index is 12.3. The van der Waals surface area contributed by atoms with Gasteiger partial charge >= 0.3 is 6.03 Å². The van der Waals surface area contributed by atoms with Crippen molar-refractivity contribution in [2.45, 2.75) is 19.8 Å². The van der Waals surface area contributed by atoms with E-state index in [1.165, 1.54) is 24.3 Å². The molecule has 8 nitrogen and oxygen atoms in total. The molecule has 2 rings (SSSR count). The fourth-order valence-corrected chi connectivity index (χ4v) is 2.13. The third-order valence-electron chi connectivity index (χ3n) is 3.16. The van der Waals surface area contributed by atoms with Crippen LogP contribution in [0.4, 0.5) is 16.2 Å². The summed E-state index contributed by atoms with van der Waals surface area (Å²) in [5.74, 6) is -2.13. The summed E-state index contributed by atoms with van der Waals surface area (Å²) >= 11 is 0. The van der Waals surface area contributed by atoms with Crippen molar-refractivity contribution >= 4 is 29.2 Å². The predicted octanol–water partition coefficient (Wildman–Crippen LogP) is 1.59. The molecule has 0 bridgehead atoms. The van der Waals surface area contributed by atoms with Gasteiger partial charge in [-0.3, -0.25) is 25.0 Å².